The Morgan fingerprint density at radius 3 is 2.92 bits per heavy atom. The molecule has 1 atom stereocenters. The smallest absolute Gasteiger partial charge is 0.240 e. The number of anilines is 2. The molecule has 6 rings (SSSR count). The number of hydrogen-bond acceptors (Lipinski definition) is 6. The van der Waals surface area contributed by atoms with Crippen LogP contribution in [-0.4, -0.2) is 43.6 Å². The van der Waals surface area contributed by atoms with Crippen LogP contribution in [0.25, 0.3) is 16.8 Å². The van der Waals surface area contributed by atoms with Crippen molar-refractivity contribution in [2.24, 2.45) is 5.92 Å². The minimum Gasteiger partial charge on any atom is -0.366 e. The summed E-state index contributed by atoms with van der Waals surface area (Å²) in [4.78, 5) is 6.80. The molecule has 2 aliphatic heterocycles. The molecule has 0 spiro atoms. The zero-order valence-electron chi connectivity index (χ0n) is 15.0. The van der Waals surface area contributed by atoms with Crippen LogP contribution in [-0.2, 0) is 4.74 Å². The van der Waals surface area contributed by atoms with E-state index in [9.17, 15) is 0 Å². The fraction of sp³-hybridized carbons (Fsp3) is 0.500. The van der Waals surface area contributed by atoms with Crippen LogP contribution in [0.3, 0.4) is 0 Å². The highest BCUT2D eigenvalue weighted by Gasteiger charge is 2.44. The van der Waals surface area contributed by atoms with Crippen LogP contribution >= 0.6 is 0 Å². The van der Waals surface area contributed by atoms with Gasteiger partial charge in [-0.2, -0.15) is 14.6 Å². The molecular weight excluding hydrogens is 330 g/mol. The number of fused-ring (bicyclic) bond motifs is 2. The second-order valence-corrected chi connectivity index (χ2v) is 7.22. The van der Waals surface area contributed by atoms with Crippen molar-refractivity contribution >= 4 is 17.4 Å². The maximum Gasteiger partial charge on any atom is 0.240 e. The summed E-state index contributed by atoms with van der Waals surface area (Å²) < 4.78 is 9.39. The molecule has 3 aromatic rings. The molecule has 26 heavy (non-hydrogen) atoms. The van der Waals surface area contributed by atoms with E-state index in [-0.39, 0.29) is 6.23 Å². The molecule has 136 valence electrons. The van der Waals surface area contributed by atoms with Gasteiger partial charge in [0.2, 0.25) is 5.95 Å². The van der Waals surface area contributed by atoms with Gasteiger partial charge in [-0.1, -0.05) is 0 Å². The van der Waals surface area contributed by atoms with Crippen LogP contribution < -0.4 is 10.6 Å². The molecule has 0 aromatic carbocycles. The average Bonchev–Trinajstić information content (AvgIpc) is 3.34. The quantitative estimate of drug-likeness (QED) is 0.757. The molecule has 1 saturated carbocycles. The summed E-state index contributed by atoms with van der Waals surface area (Å²) in [7, 11) is 0. The maximum absolute atomic E-state index is 5.87. The predicted octanol–water partition coefficient (Wildman–Crippen LogP) is 2.33. The SMILES string of the molecule is CCOC(C)n1cc(-c2ccc3nc(N)nn3c2N2CC3CC2C3)cn1. The highest BCUT2D eigenvalue weighted by Crippen LogP contribution is 2.46. The van der Waals surface area contributed by atoms with Gasteiger partial charge in [-0.15, -0.1) is 5.10 Å². The summed E-state index contributed by atoms with van der Waals surface area (Å²) in [5.74, 6) is 2.17. The molecule has 0 amide bonds. The molecule has 5 heterocycles. The lowest BCUT2D eigenvalue weighted by molar-refractivity contribution is 0.0160. The molecule has 0 radical (unpaired) electrons. The average molecular weight is 353 g/mol. The summed E-state index contributed by atoms with van der Waals surface area (Å²) in [5.41, 5.74) is 8.80. The van der Waals surface area contributed by atoms with Crippen molar-refractivity contribution in [3.05, 3.63) is 24.5 Å². The van der Waals surface area contributed by atoms with Crippen molar-refractivity contribution < 1.29 is 4.74 Å². The Balaban J connectivity index is 1.63. The number of nitrogens with two attached hydrogens (primary N) is 1. The van der Waals surface area contributed by atoms with Gasteiger partial charge in [0.05, 0.1) is 6.20 Å². The molecule has 1 aliphatic carbocycles. The first-order chi connectivity index (χ1) is 12.6. The van der Waals surface area contributed by atoms with E-state index in [2.05, 4.69) is 26.1 Å². The molecular formula is C18H23N7O. The Hall–Kier alpha value is -2.61. The van der Waals surface area contributed by atoms with Crippen LogP contribution in [0.4, 0.5) is 11.8 Å². The number of aromatic nitrogens is 5. The van der Waals surface area contributed by atoms with Gasteiger partial charge in [0, 0.05) is 36.5 Å². The number of nitrogens with zero attached hydrogens (tertiary/aromatic N) is 6. The molecule has 3 fully saturated rings. The van der Waals surface area contributed by atoms with E-state index in [1.165, 1.54) is 12.8 Å². The van der Waals surface area contributed by atoms with Gasteiger partial charge >= 0.3 is 0 Å². The zero-order chi connectivity index (χ0) is 17.8. The van der Waals surface area contributed by atoms with Crippen molar-refractivity contribution in [3.8, 4) is 11.1 Å². The number of rotatable bonds is 5. The summed E-state index contributed by atoms with van der Waals surface area (Å²) in [6, 6.07) is 4.65. The lowest BCUT2D eigenvalue weighted by atomic mass is 9.86. The molecule has 1 unspecified atom stereocenters. The Morgan fingerprint density at radius 2 is 2.19 bits per heavy atom. The van der Waals surface area contributed by atoms with Crippen LogP contribution in [0.2, 0.25) is 0 Å². The van der Waals surface area contributed by atoms with Crippen LogP contribution in [0.15, 0.2) is 24.5 Å². The van der Waals surface area contributed by atoms with Gasteiger partial charge < -0.3 is 15.4 Å². The highest BCUT2D eigenvalue weighted by atomic mass is 16.5. The normalized spacial score (nSPS) is 22.8. The third kappa shape index (κ3) is 2.28. The fourth-order valence-electron chi connectivity index (χ4n) is 4.24. The maximum atomic E-state index is 5.87. The number of nitrogen functional groups attached to an aromatic ring is 1. The lowest BCUT2D eigenvalue weighted by Gasteiger charge is -2.28. The van der Waals surface area contributed by atoms with E-state index in [0.717, 1.165) is 35.1 Å². The first kappa shape index (κ1) is 15.6. The van der Waals surface area contributed by atoms with Gasteiger partial charge in [-0.3, -0.25) is 0 Å². The molecule has 3 aliphatic rings. The Bertz CT molecular complexity index is 956. The van der Waals surface area contributed by atoms with E-state index >= 15 is 0 Å². The van der Waals surface area contributed by atoms with E-state index in [1.54, 1.807) is 0 Å². The molecule has 8 heteroatoms. The number of hydrogen-bond donors (Lipinski definition) is 1. The minimum absolute atomic E-state index is 0.0949. The van der Waals surface area contributed by atoms with Crippen LogP contribution in [0.1, 0.15) is 32.9 Å². The standard InChI is InChI=1S/C18H23N7O/c1-3-26-11(2)24-10-13(8-20-24)15-4-5-16-21-18(19)22-25(16)17(15)23-9-12-6-14(23)7-12/h4-5,8,10-12,14H,3,6-7,9H2,1-2H3,(H2,19,22). The van der Waals surface area contributed by atoms with Gasteiger partial charge in [-0.05, 0) is 44.7 Å². The van der Waals surface area contributed by atoms with Crippen molar-refractivity contribution in [3.63, 3.8) is 0 Å². The summed E-state index contributed by atoms with van der Waals surface area (Å²) >= 11 is 0. The molecule has 2 N–H and O–H groups in total. The Morgan fingerprint density at radius 1 is 1.35 bits per heavy atom. The van der Waals surface area contributed by atoms with Crippen LogP contribution in [0.5, 0.6) is 0 Å². The fourth-order valence-corrected chi connectivity index (χ4v) is 4.24. The first-order valence-corrected chi connectivity index (χ1v) is 9.22. The molecule has 3 aromatic heterocycles. The van der Waals surface area contributed by atoms with Crippen molar-refractivity contribution in [1.29, 1.82) is 0 Å². The van der Waals surface area contributed by atoms with Crippen LogP contribution in [0, 0.1) is 5.92 Å². The number of pyridine rings is 1. The van der Waals surface area contributed by atoms with E-state index in [0.29, 0.717) is 18.6 Å². The minimum atomic E-state index is -0.0949. The van der Waals surface area contributed by atoms with Gasteiger partial charge in [0.25, 0.3) is 0 Å². The summed E-state index contributed by atoms with van der Waals surface area (Å²) in [6.45, 7) is 5.71. The number of ether oxygens (including phenoxy) is 1. The molecule has 2 bridgehead atoms. The third-order valence-electron chi connectivity index (χ3n) is 5.56. The summed E-state index contributed by atoms with van der Waals surface area (Å²) in [5, 5.41) is 8.95. The van der Waals surface area contributed by atoms with Gasteiger partial charge in [-0.25, -0.2) is 4.68 Å². The largest absolute Gasteiger partial charge is 0.366 e. The van der Waals surface area contributed by atoms with Crippen molar-refractivity contribution in [2.75, 3.05) is 23.8 Å². The lowest BCUT2D eigenvalue weighted by Crippen LogP contribution is -2.30. The summed E-state index contributed by atoms with van der Waals surface area (Å²) in [6.07, 6.45) is 6.36. The second kappa shape index (κ2) is 5.70. The molecule has 2 saturated heterocycles. The Kier molecular flexibility index (Phi) is 3.43. The van der Waals surface area contributed by atoms with E-state index in [4.69, 9.17) is 10.5 Å². The van der Waals surface area contributed by atoms with Gasteiger partial charge in [0.15, 0.2) is 5.65 Å². The monoisotopic (exact) mass is 353 g/mol. The van der Waals surface area contributed by atoms with E-state index < -0.39 is 0 Å². The van der Waals surface area contributed by atoms with Crippen molar-refractivity contribution in [2.45, 2.75) is 39.0 Å². The Labute approximate surface area is 151 Å². The second-order valence-electron chi connectivity index (χ2n) is 7.22. The molecule has 8 nitrogen and oxygen atoms in total. The highest BCUT2D eigenvalue weighted by molar-refractivity contribution is 5.78. The topological polar surface area (TPSA) is 86.5 Å². The van der Waals surface area contributed by atoms with Gasteiger partial charge in [0.1, 0.15) is 12.0 Å². The first-order valence-electron chi connectivity index (χ1n) is 9.22. The zero-order valence-corrected chi connectivity index (χ0v) is 15.0. The third-order valence-corrected chi connectivity index (χ3v) is 5.56. The van der Waals surface area contributed by atoms with Crippen molar-refractivity contribution in [1.82, 2.24) is 24.4 Å². The predicted molar refractivity (Wildman–Crippen MR) is 98.8 cm³/mol. The van der Waals surface area contributed by atoms with E-state index in [1.807, 2.05) is 41.5 Å².